The molecular formula is C19H21NO8. The second kappa shape index (κ2) is 6.84. The molecule has 3 saturated heterocycles. The lowest BCUT2D eigenvalue weighted by Crippen LogP contribution is -2.50. The smallest absolute Gasteiger partial charge is 0.419 e. The lowest BCUT2D eigenvalue weighted by Gasteiger charge is -2.37. The van der Waals surface area contributed by atoms with Crippen LogP contribution in [0.25, 0.3) is 0 Å². The van der Waals surface area contributed by atoms with Crippen LogP contribution in [-0.2, 0) is 33.3 Å². The summed E-state index contributed by atoms with van der Waals surface area (Å²) in [7, 11) is 0. The molecule has 0 aliphatic carbocycles. The molecule has 9 nitrogen and oxygen atoms in total. The van der Waals surface area contributed by atoms with Gasteiger partial charge in [-0.3, -0.25) is 9.59 Å². The van der Waals surface area contributed by atoms with Gasteiger partial charge >= 0.3 is 12.1 Å². The molecule has 5 atom stereocenters. The first-order valence-corrected chi connectivity index (χ1v) is 9.00. The first-order chi connectivity index (χ1) is 13.3. The fourth-order valence-electron chi connectivity index (χ4n) is 3.64. The van der Waals surface area contributed by atoms with Crippen LogP contribution in [0.5, 0.6) is 0 Å². The summed E-state index contributed by atoms with van der Waals surface area (Å²) in [6, 6.07) is 8.46. The molecule has 0 radical (unpaired) electrons. The van der Waals surface area contributed by atoms with E-state index in [0.717, 1.165) is 4.90 Å². The van der Waals surface area contributed by atoms with E-state index in [1.165, 1.54) is 6.92 Å². The minimum Gasteiger partial charge on any atom is -0.447 e. The van der Waals surface area contributed by atoms with Crippen LogP contribution in [0, 0.1) is 0 Å². The highest BCUT2D eigenvalue weighted by molar-refractivity contribution is 5.97. The lowest BCUT2D eigenvalue weighted by atomic mass is 10.1. The van der Waals surface area contributed by atoms with E-state index in [1.807, 2.05) is 0 Å². The maximum Gasteiger partial charge on any atom is 0.419 e. The summed E-state index contributed by atoms with van der Waals surface area (Å²) in [5, 5.41) is 0. The summed E-state index contributed by atoms with van der Waals surface area (Å²) in [6.07, 6.45) is -4.94. The van der Waals surface area contributed by atoms with E-state index in [4.69, 9.17) is 23.7 Å². The molecule has 0 unspecified atom stereocenters. The van der Waals surface area contributed by atoms with Crippen LogP contribution in [0.4, 0.5) is 4.79 Å². The molecule has 1 aromatic carbocycles. The Kier molecular flexibility index (Phi) is 4.60. The van der Waals surface area contributed by atoms with Gasteiger partial charge in [0.05, 0.1) is 6.61 Å². The van der Waals surface area contributed by atoms with E-state index in [1.54, 1.807) is 44.2 Å². The molecule has 28 heavy (non-hydrogen) atoms. The van der Waals surface area contributed by atoms with Gasteiger partial charge in [0.2, 0.25) is 6.10 Å². The van der Waals surface area contributed by atoms with Crippen LogP contribution in [0.15, 0.2) is 30.3 Å². The number of nitrogens with zero attached hydrogens (tertiary/aromatic N) is 1. The number of fused-ring (bicyclic) bond motifs is 3. The zero-order valence-corrected chi connectivity index (χ0v) is 15.7. The molecule has 2 amide bonds. The SMILES string of the molecule is CC(=O)O[C@@H](C(=O)N1C(=O)O[C@@H]2[C@H]3OC(C)(C)OC[C@H]3O[C@@H]21)c1ccccc1. The number of esters is 1. The van der Waals surface area contributed by atoms with Crippen molar-refractivity contribution in [1.82, 2.24) is 4.90 Å². The minimum atomic E-state index is -1.29. The van der Waals surface area contributed by atoms with Gasteiger partial charge in [-0.25, -0.2) is 9.69 Å². The summed E-state index contributed by atoms with van der Waals surface area (Å²) < 4.78 is 27.9. The Morgan fingerprint density at radius 3 is 2.61 bits per heavy atom. The van der Waals surface area contributed by atoms with Gasteiger partial charge in [-0.15, -0.1) is 0 Å². The molecule has 0 bridgehead atoms. The molecule has 3 aliphatic rings. The number of hydrogen-bond acceptors (Lipinski definition) is 8. The van der Waals surface area contributed by atoms with Gasteiger partial charge in [-0.2, -0.15) is 0 Å². The van der Waals surface area contributed by atoms with Crippen molar-refractivity contribution in [2.45, 2.75) is 57.2 Å². The van der Waals surface area contributed by atoms with Crippen molar-refractivity contribution in [2.24, 2.45) is 0 Å². The van der Waals surface area contributed by atoms with E-state index < -0.39 is 54.4 Å². The van der Waals surface area contributed by atoms with E-state index >= 15 is 0 Å². The normalized spacial score (nSPS) is 31.5. The van der Waals surface area contributed by atoms with E-state index in [2.05, 4.69) is 0 Å². The molecule has 3 aliphatic heterocycles. The van der Waals surface area contributed by atoms with Gasteiger partial charge in [-0.1, -0.05) is 30.3 Å². The second-order valence-corrected chi connectivity index (χ2v) is 7.32. The standard InChI is InChI=1S/C19H21NO8/c1-10(21)25-13(11-7-5-4-6-8-11)16(22)20-17-15(27-18(20)23)14-12(26-17)9-24-19(2,3)28-14/h4-8,12-15,17H,9H2,1-3H3/t12-,13-,14+,15-,17+/m1/s1. The third kappa shape index (κ3) is 3.25. The fourth-order valence-corrected chi connectivity index (χ4v) is 3.64. The molecule has 4 rings (SSSR count). The number of hydrogen-bond donors (Lipinski definition) is 0. The largest absolute Gasteiger partial charge is 0.447 e. The highest BCUT2D eigenvalue weighted by Crippen LogP contribution is 2.40. The van der Waals surface area contributed by atoms with Crippen molar-refractivity contribution in [2.75, 3.05) is 6.61 Å². The highest BCUT2D eigenvalue weighted by atomic mass is 16.8. The monoisotopic (exact) mass is 391 g/mol. The highest BCUT2D eigenvalue weighted by Gasteiger charge is 2.61. The second-order valence-electron chi connectivity index (χ2n) is 7.32. The Morgan fingerprint density at radius 1 is 1.21 bits per heavy atom. The molecule has 0 saturated carbocycles. The molecule has 3 heterocycles. The predicted molar refractivity (Wildman–Crippen MR) is 91.6 cm³/mol. The van der Waals surface area contributed by atoms with E-state index in [-0.39, 0.29) is 6.61 Å². The number of carbonyl (C=O) groups is 3. The molecule has 150 valence electrons. The van der Waals surface area contributed by atoms with Gasteiger partial charge in [0.25, 0.3) is 5.91 Å². The molecule has 0 spiro atoms. The van der Waals surface area contributed by atoms with Gasteiger partial charge in [0.15, 0.2) is 18.1 Å². The third-order valence-electron chi connectivity index (χ3n) is 4.84. The first-order valence-electron chi connectivity index (χ1n) is 9.00. The first kappa shape index (κ1) is 18.9. The zero-order chi connectivity index (χ0) is 20.1. The number of benzene rings is 1. The van der Waals surface area contributed by atoms with Crippen molar-refractivity contribution in [3.63, 3.8) is 0 Å². The zero-order valence-electron chi connectivity index (χ0n) is 15.7. The van der Waals surface area contributed by atoms with E-state index in [0.29, 0.717) is 5.56 Å². The summed E-state index contributed by atoms with van der Waals surface area (Å²) in [6.45, 7) is 4.95. The molecule has 0 aromatic heterocycles. The number of amides is 2. The van der Waals surface area contributed by atoms with Crippen LogP contribution in [0.2, 0.25) is 0 Å². The van der Waals surface area contributed by atoms with Gasteiger partial charge in [0.1, 0.15) is 12.2 Å². The molecular weight excluding hydrogens is 370 g/mol. The number of carbonyl (C=O) groups excluding carboxylic acids is 3. The van der Waals surface area contributed by atoms with Crippen LogP contribution >= 0.6 is 0 Å². The average molecular weight is 391 g/mol. The average Bonchev–Trinajstić information content (AvgIpc) is 3.13. The van der Waals surface area contributed by atoms with Crippen LogP contribution in [0.1, 0.15) is 32.4 Å². The molecule has 0 N–H and O–H groups in total. The molecule has 3 fully saturated rings. The van der Waals surface area contributed by atoms with Crippen LogP contribution in [-0.4, -0.2) is 59.8 Å². The van der Waals surface area contributed by atoms with Crippen molar-refractivity contribution >= 4 is 18.0 Å². The summed E-state index contributed by atoms with van der Waals surface area (Å²) in [4.78, 5) is 38.0. The quantitative estimate of drug-likeness (QED) is 0.715. The lowest BCUT2D eigenvalue weighted by molar-refractivity contribution is -0.301. The number of ether oxygens (including phenoxy) is 5. The Labute approximate surface area is 161 Å². The summed E-state index contributed by atoms with van der Waals surface area (Å²) in [5.41, 5.74) is 0.440. The van der Waals surface area contributed by atoms with Gasteiger partial charge in [0, 0.05) is 12.5 Å². The maximum atomic E-state index is 13.2. The Bertz CT molecular complexity index is 794. The molecule has 1 aromatic rings. The van der Waals surface area contributed by atoms with Crippen LogP contribution < -0.4 is 0 Å². The third-order valence-corrected chi connectivity index (χ3v) is 4.84. The topological polar surface area (TPSA) is 101 Å². The van der Waals surface area contributed by atoms with Crippen molar-refractivity contribution in [3.8, 4) is 0 Å². The van der Waals surface area contributed by atoms with Crippen LogP contribution in [0.3, 0.4) is 0 Å². The molecule has 9 heteroatoms. The van der Waals surface area contributed by atoms with E-state index in [9.17, 15) is 14.4 Å². The Morgan fingerprint density at radius 2 is 1.93 bits per heavy atom. The van der Waals surface area contributed by atoms with Crippen molar-refractivity contribution in [1.29, 1.82) is 0 Å². The van der Waals surface area contributed by atoms with Gasteiger partial charge in [-0.05, 0) is 13.8 Å². The Hall–Kier alpha value is -2.49. The maximum absolute atomic E-state index is 13.2. The fraction of sp³-hybridized carbons (Fsp3) is 0.526. The number of rotatable bonds is 3. The number of imide groups is 1. The summed E-state index contributed by atoms with van der Waals surface area (Å²) in [5.74, 6) is -2.24. The summed E-state index contributed by atoms with van der Waals surface area (Å²) >= 11 is 0. The van der Waals surface area contributed by atoms with Gasteiger partial charge < -0.3 is 23.7 Å². The van der Waals surface area contributed by atoms with Crippen molar-refractivity contribution in [3.05, 3.63) is 35.9 Å². The predicted octanol–water partition coefficient (Wildman–Crippen LogP) is 1.51. The Balaban J connectivity index is 1.60. The van der Waals surface area contributed by atoms with Crippen molar-refractivity contribution < 1.29 is 38.1 Å². The minimum absolute atomic E-state index is 0.246.